The van der Waals surface area contributed by atoms with Gasteiger partial charge in [-0.2, -0.15) is 0 Å². The lowest BCUT2D eigenvalue weighted by molar-refractivity contribution is -0.111. The van der Waals surface area contributed by atoms with E-state index in [1.807, 2.05) is 48.5 Å². The van der Waals surface area contributed by atoms with E-state index in [1.165, 1.54) is 6.08 Å². The number of nitrogens with one attached hydrogen (secondary N) is 3. The van der Waals surface area contributed by atoms with Crippen molar-refractivity contribution in [1.29, 1.82) is 0 Å². The molecule has 38 heavy (non-hydrogen) atoms. The third kappa shape index (κ3) is 5.69. The van der Waals surface area contributed by atoms with Crippen molar-refractivity contribution < 1.29 is 14.3 Å². The first-order valence-corrected chi connectivity index (χ1v) is 12.6. The molecule has 9 heteroatoms. The van der Waals surface area contributed by atoms with Crippen molar-refractivity contribution in [3.8, 4) is 11.1 Å². The third-order valence-corrected chi connectivity index (χ3v) is 6.77. The predicted molar refractivity (Wildman–Crippen MR) is 151 cm³/mol. The normalized spacial score (nSPS) is 16.9. The maximum absolute atomic E-state index is 15.1. The van der Waals surface area contributed by atoms with Gasteiger partial charge in [-0.1, -0.05) is 36.9 Å². The molecule has 196 valence electrons. The van der Waals surface area contributed by atoms with Gasteiger partial charge in [0.15, 0.2) is 6.29 Å². The standard InChI is InChI=1S/C29H31FN6O2/c1-2-27(38)32-22-7-3-5-20(17-22)24-8-4-6-21-19-31-29(34-28(21)24)33-26-10-9-23(18-25(26)30)36-13-11-35(12-14-36)15-16-37/h2-10,17-19,29,33-34,37H,1,11-16H2,(H,32,38). The zero-order valence-corrected chi connectivity index (χ0v) is 21.0. The monoisotopic (exact) mass is 514 g/mol. The Labute approximate surface area is 221 Å². The van der Waals surface area contributed by atoms with E-state index in [0.717, 1.165) is 54.2 Å². The Balaban J connectivity index is 1.30. The van der Waals surface area contributed by atoms with Crippen LogP contribution in [0.1, 0.15) is 5.56 Å². The molecule has 4 N–H and O–H groups in total. The van der Waals surface area contributed by atoms with Crippen molar-refractivity contribution in [3.05, 3.63) is 84.7 Å². The SMILES string of the molecule is C=CC(=O)Nc1cccc(-c2cccc3c2NC(Nc2ccc(N4CCN(CCO)CC4)cc2F)N=C3)c1. The Bertz CT molecular complexity index is 1350. The number of fused-ring (bicyclic) bond motifs is 1. The summed E-state index contributed by atoms with van der Waals surface area (Å²) in [7, 11) is 0. The van der Waals surface area contributed by atoms with Crippen molar-refractivity contribution in [1.82, 2.24) is 4.90 Å². The summed E-state index contributed by atoms with van der Waals surface area (Å²) in [4.78, 5) is 20.6. The number of rotatable bonds is 8. The molecule has 2 aliphatic rings. The van der Waals surface area contributed by atoms with Crippen LogP contribution in [0.3, 0.4) is 0 Å². The summed E-state index contributed by atoms with van der Waals surface area (Å²) in [5.41, 5.74) is 5.50. The highest BCUT2D eigenvalue weighted by Gasteiger charge is 2.21. The summed E-state index contributed by atoms with van der Waals surface area (Å²) >= 11 is 0. The number of aliphatic hydroxyl groups excluding tert-OH is 1. The minimum absolute atomic E-state index is 0.152. The molecule has 0 aromatic heterocycles. The third-order valence-electron chi connectivity index (χ3n) is 6.77. The second-order valence-electron chi connectivity index (χ2n) is 9.23. The van der Waals surface area contributed by atoms with Gasteiger partial charge in [-0.3, -0.25) is 9.69 Å². The lowest BCUT2D eigenvalue weighted by Crippen LogP contribution is -2.47. The highest BCUT2D eigenvalue weighted by Crippen LogP contribution is 2.34. The van der Waals surface area contributed by atoms with Crippen LogP contribution in [0.15, 0.2) is 78.3 Å². The molecule has 5 rings (SSSR count). The summed E-state index contributed by atoms with van der Waals surface area (Å²) in [5.74, 6) is -0.620. The number of nitrogens with zero attached hydrogens (tertiary/aromatic N) is 3. The number of β-amino-alcohol motifs (C(OH)–C–C–N with tert-alkyl or cyclic N) is 1. The fourth-order valence-electron chi connectivity index (χ4n) is 4.78. The van der Waals surface area contributed by atoms with E-state index in [4.69, 9.17) is 5.11 Å². The van der Waals surface area contributed by atoms with Crippen molar-refractivity contribution >= 4 is 34.9 Å². The van der Waals surface area contributed by atoms with E-state index in [2.05, 4.69) is 37.3 Å². The molecule has 1 fully saturated rings. The number of carbonyl (C=O) groups is 1. The molecule has 1 atom stereocenters. The van der Waals surface area contributed by atoms with Crippen LogP contribution in [0.25, 0.3) is 11.1 Å². The van der Waals surface area contributed by atoms with Crippen LogP contribution >= 0.6 is 0 Å². The first-order chi connectivity index (χ1) is 18.5. The van der Waals surface area contributed by atoms with Gasteiger partial charge in [0, 0.05) is 61.4 Å². The number of halogens is 1. The van der Waals surface area contributed by atoms with Gasteiger partial charge in [0.25, 0.3) is 0 Å². The number of hydrogen-bond acceptors (Lipinski definition) is 7. The van der Waals surface area contributed by atoms with Crippen LogP contribution in [-0.2, 0) is 4.79 Å². The molecule has 1 unspecified atom stereocenters. The highest BCUT2D eigenvalue weighted by molar-refractivity contribution is 6.00. The van der Waals surface area contributed by atoms with Crippen molar-refractivity contribution in [2.75, 3.05) is 60.2 Å². The maximum Gasteiger partial charge on any atom is 0.247 e. The topological polar surface area (TPSA) is 92.2 Å². The molecule has 0 saturated carbocycles. The predicted octanol–water partition coefficient (Wildman–Crippen LogP) is 3.97. The second kappa shape index (κ2) is 11.5. The van der Waals surface area contributed by atoms with E-state index in [-0.39, 0.29) is 18.3 Å². The number of para-hydroxylation sites is 1. The van der Waals surface area contributed by atoms with Crippen LogP contribution in [0.4, 0.5) is 27.1 Å². The quantitative estimate of drug-likeness (QED) is 0.340. The molecule has 8 nitrogen and oxygen atoms in total. The largest absolute Gasteiger partial charge is 0.395 e. The van der Waals surface area contributed by atoms with Crippen LogP contribution in [0, 0.1) is 5.82 Å². The first-order valence-electron chi connectivity index (χ1n) is 12.6. The van der Waals surface area contributed by atoms with E-state index >= 15 is 4.39 Å². The maximum atomic E-state index is 15.1. The Morgan fingerprint density at radius 2 is 1.95 bits per heavy atom. The minimum Gasteiger partial charge on any atom is -0.395 e. The smallest absolute Gasteiger partial charge is 0.247 e. The number of amides is 1. The van der Waals surface area contributed by atoms with Crippen LogP contribution < -0.4 is 20.9 Å². The lowest BCUT2D eigenvalue weighted by atomic mass is 9.99. The molecule has 3 aromatic carbocycles. The number of hydrogen-bond donors (Lipinski definition) is 4. The highest BCUT2D eigenvalue weighted by atomic mass is 19.1. The lowest BCUT2D eigenvalue weighted by Gasteiger charge is -2.36. The molecule has 3 aromatic rings. The van der Waals surface area contributed by atoms with Gasteiger partial charge in [-0.15, -0.1) is 0 Å². The molecule has 0 spiro atoms. The number of aliphatic imine (C=N–C) groups is 1. The molecule has 2 aliphatic heterocycles. The Hall–Kier alpha value is -4.21. The molecule has 0 radical (unpaired) electrons. The van der Waals surface area contributed by atoms with E-state index < -0.39 is 6.29 Å². The molecule has 0 bridgehead atoms. The minimum atomic E-state index is -0.560. The number of anilines is 4. The summed E-state index contributed by atoms with van der Waals surface area (Å²) in [6.45, 7) is 7.58. The van der Waals surface area contributed by atoms with Gasteiger partial charge in [-0.25, -0.2) is 9.38 Å². The van der Waals surface area contributed by atoms with Crippen molar-refractivity contribution in [2.24, 2.45) is 4.99 Å². The number of aliphatic hydroxyl groups is 1. The van der Waals surface area contributed by atoms with Gasteiger partial charge < -0.3 is 26.0 Å². The number of piperazine rings is 1. The van der Waals surface area contributed by atoms with E-state index in [9.17, 15) is 4.79 Å². The molecule has 2 heterocycles. The van der Waals surface area contributed by atoms with Crippen molar-refractivity contribution in [2.45, 2.75) is 6.29 Å². The van der Waals surface area contributed by atoms with Gasteiger partial charge in [0.1, 0.15) is 5.82 Å². The molecule has 1 amide bonds. The number of benzene rings is 3. The van der Waals surface area contributed by atoms with Gasteiger partial charge in [0.05, 0.1) is 18.0 Å². The van der Waals surface area contributed by atoms with Gasteiger partial charge in [-0.05, 0) is 42.0 Å². The Morgan fingerprint density at radius 3 is 2.71 bits per heavy atom. The average Bonchev–Trinajstić information content (AvgIpc) is 2.94. The van der Waals surface area contributed by atoms with Crippen LogP contribution in [0.5, 0.6) is 0 Å². The first kappa shape index (κ1) is 25.4. The van der Waals surface area contributed by atoms with Gasteiger partial charge >= 0.3 is 0 Å². The molecule has 0 aliphatic carbocycles. The van der Waals surface area contributed by atoms with Crippen molar-refractivity contribution in [3.63, 3.8) is 0 Å². The van der Waals surface area contributed by atoms with Crippen LogP contribution in [0.2, 0.25) is 0 Å². The number of carbonyl (C=O) groups excluding carboxylic acids is 1. The molecule has 1 saturated heterocycles. The Kier molecular flexibility index (Phi) is 7.67. The zero-order chi connectivity index (χ0) is 26.5. The zero-order valence-electron chi connectivity index (χ0n) is 21.0. The molecular formula is C29H31FN6O2. The summed E-state index contributed by atoms with van der Waals surface area (Å²) in [5, 5.41) is 18.5. The fourth-order valence-corrected chi connectivity index (χ4v) is 4.78. The Morgan fingerprint density at radius 1 is 1.13 bits per heavy atom. The van der Waals surface area contributed by atoms with E-state index in [1.54, 1.807) is 18.3 Å². The summed E-state index contributed by atoms with van der Waals surface area (Å²) < 4.78 is 15.1. The second-order valence-corrected chi connectivity index (χ2v) is 9.23. The van der Waals surface area contributed by atoms with Gasteiger partial charge in [0.2, 0.25) is 5.91 Å². The average molecular weight is 515 g/mol. The summed E-state index contributed by atoms with van der Waals surface area (Å²) in [6.07, 6.45) is 2.44. The fraction of sp³-hybridized carbons (Fsp3) is 0.241. The van der Waals surface area contributed by atoms with E-state index in [0.29, 0.717) is 17.9 Å². The molecular weight excluding hydrogens is 483 g/mol. The summed E-state index contributed by atoms with van der Waals surface area (Å²) in [6, 6.07) is 18.7. The van der Waals surface area contributed by atoms with Crippen LogP contribution in [-0.4, -0.2) is 67.7 Å².